The number of piperazine rings is 1. The predicted octanol–water partition coefficient (Wildman–Crippen LogP) is 23.7. The number of aliphatic hydroxyl groups is 2. The summed E-state index contributed by atoms with van der Waals surface area (Å²) in [6.07, 6.45) is 15.9. The number of methoxy groups -OCH3 is 2. The topological polar surface area (TPSA) is 220 Å². The first-order chi connectivity index (χ1) is 65.4. The SMILES string of the molecule is CC(C)(C)c1ccc(Cl)c(OCc2ccccn2)c1.CC(C)(C)c1ccc(OCCCS(C)(=O)=O)nc1.CC(C)(C)c1cccc(N2CCN(CCO)CC2)c1.CC(C)(CO)Oc1cccc(C(C)(C)C)c1.CN1CCC(COc2ccc(C(C)(C)C)cn2)CC1.CN1CCCC(COc2cccc(C(C)(C)C)c2)C1.COCCN(C)c1ccc(C(C)(C)C)cn1.[2H]C([2H])([2H])Oc1ccc(C(C)(C)C)cn1. The van der Waals surface area contributed by atoms with E-state index >= 15 is 0 Å². The Hall–Kier alpha value is -8.97. The van der Waals surface area contributed by atoms with Crippen molar-refractivity contribution in [2.45, 2.75) is 268 Å². The van der Waals surface area contributed by atoms with Crippen molar-refractivity contribution in [2.24, 2.45) is 11.8 Å². The van der Waals surface area contributed by atoms with E-state index in [1.165, 1.54) is 97.2 Å². The van der Waals surface area contributed by atoms with Crippen LogP contribution in [0.15, 0.2) is 189 Å². The van der Waals surface area contributed by atoms with Crippen LogP contribution in [-0.4, -0.2) is 216 Å². The van der Waals surface area contributed by atoms with Crippen LogP contribution in [0.5, 0.6) is 34.9 Å². The first kappa shape index (κ1) is 114. The van der Waals surface area contributed by atoms with Gasteiger partial charge >= 0.3 is 0 Å². The van der Waals surface area contributed by atoms with Crippen LogP contribution in [0.25, 0.3) is 0 Å². The van der Waals surface area contributed by atoms with Crippen LogP contribution in [0.1, 0.15) is 266 Å². The molecule has 3 aliphatic rings. The molecule has 23 heteroatoms. The Morgan fingerprint density at radius 1 is 0.471 bits per heavy atom. The zero-order valence-electron chi connectivity index (χ0n) is 93.1. The molecule has 2 N–H and O–H groups in total. The maximum Gasteiger partial charge on any atom is 0.213 e. The third-order valence-electron chi connectivity index (χ3n) is 23.9. The van der Waals surface area contributed by atoms with E-state index in [1.54, 1.807) is 31.8 Å². The predicted molar refractivity (Wildman–Crippen MR) is 576 cm³/mol. The number of sulfone groups is 1. The summed E-state index contributed by atoms with van der Waals surface area (Å²) in [7, 11) is 2.78. The highest BCUT2D eigenvalue weighted by atomic mass is 35.5. The molecular formula is C115H177ClN10O11S. The van der Waals surface area contributed by atoms with Gasteiger partial charge in [0.05, 0.1) is 67.3 Å². The number of rotatable bonds is 25. The van der Waals surface area contributed by atoms with Crippen LogP contribution in [-0.2, 0) is 64.5 Å². The summed E-state index contributed by atoms with van der Waals surface area (Å²) in [5.74, 6) is 6.45. The van der Waals surface area contributed by atoms with Crippen LogP contribution in [0.4, 0.5) is 11.5 Å². The molecule has 3 fully saturated rings. The lowest BCUT2D eigenvalue weighted by atomic mass is 9.87. The molecule has 3 aliphatic heterocycles. The molecule has 0 bridgehead atoms. The highest BCUT2D eigenvalue weighted by Gasteiger charge is 2.27. The molecule has 21 nitrogen and oxygen atoms in total. The Balaban J connectivity index is 0.000000284. The van der Waals surface area contributed by atoms with E-state index in [1.807, 2.05) is 112 Å². The number of aliphatic hydroxyl groups excluding tert-OH is 2. The van der Waals surface area contributed by atoms with Gasteiger partial charge in [0.15, 0.2) is 0 Å². The van der Waals surface area contributed by atoms with E-state index in [-0.39, 0.29) is 68.2 Å². The molecule has 12 rings (SSSR count). The number of hydrogen-bond acceptors (Lipinski definition) is 21. The van der Waals surface area contributed by atoms with E-state index in [4.69, 9.17) is 54.3 Å². The molecule has 138 heavy (non-hydrogen) atoms. The van der Waals surface area contributed by atoms with Gasteiger partial charge < -0.3 is 63.0 Å². The zero-order chi connectivity index (χ0) is 106. The Morgan fingerprint density at radius 2 is 0.949 bits per heavy atom. The lowest BCUT2D eigenvalue weighted by Gasteiger charge is -2.36. The number of β-amino-alcohol motifs (C(OH)–C–C–N with tert-alkyl or cyclic N) is 1. The lowest BCUT2D eigenvalue weighted by Crippen LogP contribution is -2.47. The molecule has 8 heterocycles. The van der Waals surface area contributed by atoms with Gasteiger partial charge in [0.1, 0.15) is 45.1 Å². The van der Waals surface area contributed by atoms with Gasteiger partial charge in [-0.1, -0.05) is 251 Å². The van der Waals surface area contributed by atoms with E-state index < -0.39 is 22.5 Å². The molecule has 0 saturated carbocycles. The molecule has 0 amide bonds. The number of aromatic nitrogens is 5. The fourth-order valence-electron chi connectivity index (χ4n) is 14.3. The summed E-state index contributed by atoms with van der Waals surface area (Å²) in [6, 6.07) is 52.7. The van der Waals surface area contributed by atoms with Gasteiger partial charge in [-0.25, -0.2) is 28.4 Å². The van der Waals surface area contributed by atoms with E-state index in [9.17, 15) is 8.42 Å². The number of piperidine rings is 2. The zero-order valence-corrected chi connectivity index (χ0v) is 91.7. The minimum absolute atomic E-state index is 0.00547. The first-order valence-electron chi connectivity index (χ1n) is 50.6. The summed E-state index contributed by atoms with van der Waals surface area (Å²) in [4.78, 5) is 32.9. The Morgan fingerprint density at radius 3 is 1.41 bits per heavy atom. The smallest absolute Gasteiger partial charge is 0.213 e. The number of pyridine rings is 5. The van der Waals surface area contributed by atoms with Gasteiger partial charge in [0.2, 0.25) is 17.6 Å². The van der Waals surface area contributed by atoms with Crippen molar-refractivity contribution < 1.29 is 55.9 Å². The molecule has 3 saturated heterocycles. The number of benzene rings is 4. The van der Waals surface area contributed by atoms with E-state index in [0.29, 0.717) is 48.1 Å². The molecule has 0 radical (unpaired) electrons. The fourth-order valence-corrected chi connectivity index (χ4v) is 15.2. The highest BCUT2D eigenvalue weighted by Crippen LogP contribution is 2.35. The quantitative estimate of drug-likeness (QED) is 0.0508. The lowest BCUT2D eigenvalue weighted by molar-refractivity contribution is 0.0411. The standard InChI is InChI=1S/C17H27NO.C16H18ClNO.2C16H26N2O.C14H22O2.C13H22N2O.C13H21NO3S.C10H15NO/c1-17(2,3)15-8-5-9-16(11-15)19-13-14-7-6-10-18(4)12-14;1-16(2,3)12-7-8-14(17)15(10-12)19-11-13-6-4-5-9-18-13;1-16(2,3)14-5-6-15(17-11-14)19-12-13-7-9-18(4)10-8-13;1-16(2,3)14-5-4-6-15(13-14)18-9-7-17(8-10-18)11-12-19;1-13(2,3)11-7-6-8-12(9-11)16-14(4,5)10-15;1-13(2,3)11-6-7-12(14-10-11)15(4)8-9-16-5;1-13(2,3)11-6-7-12(14-10-11)17-8-5-9-18(4,15)16;1-10(2,3)8-5-6-9(12-4)11-7-8/h5,8-9,11,14H,6-7,10,12-13H2,1-4H3;4-10H,11H2,1-3H3;5-6,11,13H,7-10,12H2,1-4H3;4-6,13,19H,7-12H2,1-3H3;6-9,15H,10H2,1-5H3;6-7,10H,8-9H2,1-5H3;6-7,10H,5,8-9H2,1-4H3;5-7H,1-4H3/i;;;;;;;4D3. The summed E-state index contributed by atoms with van der Waals surface area (Å²) >= 11 is 6.17. The van der Waals surface area contributed by atoms with Gasteiger partial charge in [-0.2, -0.15) is 0 Å². The fraction of sp³-hybridized carbons (Fsp3) is 0.574. The molecule has 766 valence electrons. The van der Waals surface area contributed by atoms with Crippen LogP contribution in [0, 0.1) is 11.8 Å². The Kier molecular flexibility index (Phi) is 46.4. The second-order valence-corrected chi connectivity index (χ2v) is 48.1. The van der Waals surface area contributed by atoms with Crippen molar-refractivity contribution in [1.82, 2.24) is 39.6 Å². The molecule has 1 unspecified atom stereocenters. The van der Waals surface area contributed by atoms with Gasteiger partial charge in [0.25, 0.3) is 0 Å². The molecule has 1 atom stereocenters. The molecule has 5 aromatic heterocycles. The van der Waals surface area contributed by atoms with Gasteiger partial charge in [-0.3, -0.25) is 9.88 Å². The summed E-state index contributed by atoms with van der Waals surface area (Å²) in [6.45, 7) is 70.0. The largest absolute Gasteiger partial charge is 0.493 e. The third kappa shape index (κ3) is 46.6. The van der Waals surface area contributed by atoms with Crippen molar-refractivity contribution >= 4 is 32.9 Å². The average molecular weight is 1950 g/mol. The van der Waals surface area contributed by atoms with Crippen molar-refractivity contribution in [3.63, 3.8) is 0 Å². The summed E-state index contributed by atoms with van der Waals surface area (Å²) < 4.78 is 81.0. The minimum atomic E-state index is -2.91. The number of halogens is 1. The number of anilines is 2. The van der Waals surface area contributed by atoms with Crippen molar-refractivity contribution in [2.75, 3.05) is 162 Å². The maximum atomic E-state index is 10.9. The van der Waals surface area contributed by atoms with E-state index in [2.05, 4.69) is 307 Å². The van der Waals surface area contributed by atoms with Crippen LogP contribution >= 0.6 is 11.6 Å². The molecule has 0 aliphatic carbocycles. The molecular weight excluding hydrogens is 1760 g/mol. The summed E-state index contributed by atoms with van der Waals surface area (Å²) in [5.41, 5.74) is 12.5. The maximum absolute atomic E-state index is 10.9. The molecule has 9 aromatic rings. The van der Waals surface area contributed by atoms with Crippen molar-refractivity contribution in [3.8, 4) is 34.9 Å². The number of ether oxygens (including phenoxy) is 7. The van der Waals surface area contributed by atoms with Crippen LogP contribution in [0.2, 0.25) is 5.02 Å². The van der Waals surface area contributed by atoms with Crippen LogP contribution < -0.4 is 38.2 Å². The third-order valence-corrected chi connectivity index (χ3v) is 25.3. The number of likely N-dealkylation sites (N-methyl/N-ethyl adjacent to an activating group) is 1. The molecule has 0 spiro atoms. The van der Waals surface area contributed by atoms with E-state index in [0.717, 1.165) is 99.1 Å². The Labute approximate surface area is 843 Å². The molecule has 4 aromatic carbocycles. The number of likely N-dealkylation sites (tertiary alicyclic amines) is 2. The van der Waals surface area contributed by atoms with Crippen molar-refractivity contribution in [1.29, 1.82) is 0 Å². The second-order valence-electron chi connectivity index (χ2n) is 45.5. The van der Waals surface area contributed by atoms with Crippen LogP contribution in [0.3, 0.4) is 0 Å². The number of hydrogen-bond donors (Lipinski definition) is 2. The second kappa shape index (κ2) is 56.0. The van der Waals surface area contributed by atoms with Gasteiger partial charge in [0, 0.05) is 127 Å². The van der Waals surface area contributed by atoms with Gasteiger partial charge in [-0.05, 0) is 240 Å². The highest BCUT2D eigenvalue weighted by molar-refractivity contribution is 7.90. The number of nitrogens with zero attached hydrogens (tertiary/aromatic N) is 10. The average Bonchev–Trinajstić information content (AvgIpc) is 0.842. The first-order valence-corrected chi connectivity index (χ1v) is 51.6. The van der Waals surface area contributed by atoms with Gasteiger partial charge in [-0.15, -0.1) is 0 Å². The minimum Gasteiger partial charge on any atom is -0.493 e. The normalized spacial score (nSPS) is 15.3. The Bertz CT molecular complexity index is 5140. The van der Waals surface area contributed by atoms with Crippen molar-refractivity contribution in [3.05, 3.63) is 244 Å². The monoisotopic (exact) mass is 1940 g/mol. The summed E-state index contributed by atoms with van der Waals surface area (Å²) in [5, 5.41) is 18.8.